The smallest absolute Gasteiger partial charge is 0.111 e. The molecule has 1 rings (SSSR count). The minimum absolute atomic E-state index is 0.0544. The lowest BCUT2D eigenvalue weighted by Gasteiger charge is -2.37. The van der Waals surface area contributed by atoms with Crippen LogP contribution in [0.15, 0.2) is 0 Å². The van der Waals surface area contributed by atoms with E-state index in [0.29, 0.717) is 19.8 Å². The average molecular weight is 161 g/mol. The Kier molecular flexibility index (Phi) is 2.84. The summed E-state index contributed by atoms with van der Waals surface area (Å²) in [6.07, 6.45) is -0.0544. The Labute approximate surface area is 66.6 Å². The van der Waals surface area contributed by atoms with Crippen LogP contribution in [-0.4, -0.2) is 31.5 Å². The van der Waals surface area contributed by atoms with E-state index in [1.165, 1.54) is 0 Å². The second-order valence-electron chi connectivity index (χ2n) is 3.14. The first-order chi connectivity index (χ1) is 5.17. The molecule has 1 aliphatic heterocycles. The minimum atomic E-state index is -0.280. The lowest BCUT2D eigenvalue weighted by molar-refractivity contribution is -0.202. The molecule has 1 saturated heterocycles. The summed E-state index contributed by atoms with van der Waals surface area (Å²) in [5.74, 6) is 4.94. The van der Waals surface area contributed by atoms with Crippen LogP contribution in [0.2, 0.25) is 0 Å². The van der Waals surface area contributed by atoms with Crippen LogP contribution >= 0.6 is 0 Å². The number of nitrogens with two attached hydrogens (primary N) is 1. The van der Waals surface area contributed by atoms with Crippen molar-refractivity contribution in [3.8, 4) is 0 Å². The fourth-order valence-electron chi connectivity index (χ4n) is 1.12. The van der Waals surface area contributed by atoms with Gasteiger partial charge >= 0.3 is 0 Å². The first kappa shape index (κ1) is 8.93. The van der Waals surface area contributed by atoms with Crippen molar-refractivity contribution in [1.82, 2.24) is 0 Å². The van der Waals surface area contributed by atoms with Gasteiger partial charge in [-0.3, -0.25) is 0 Å². The number of rotatable bonds is 2. The number of hydrogen-bond acceptors (Lipinski definition) is 4. The number of hydrogen-bond donors (Lipinski definition) is 1. The maximum Gasteiger partial charge on any atom is 0.111 e. The van der Waals surface area contributed by atoms with Crippen molar-refractivity contribution in [1.29, 1.82) is 0 Å². The molecule has 0 amide bonds. The Morgan fingerprint density at radius 3 is 2.82 bits per heavy atom. The van der Waals surface area contributed by atoms with E-state index in [-0.39, 0.29) is 11.7 Å². The summed E-state index contributed by atoms with van der Waals surface area (Å²) in [4.78, 5) is 4.51. The summed E-state index contributed by atoms with van der Waals surface area (Å²) in [5.41, 5.74) is -0.280. The van der Waals surface area contributed by atoms with Crippen molar-refractivity contribution in [2.24, 2.45) is 5.90 Å². The Hall–Kier alpha value is -0.160. The topological polar surface area (TPSA) is 53.7 Å². The summed E-state index contributed by atoms with van der Waals surface area (Å²) in [7, 11) is 0. The highest BCUT2D eigenvalue weighted by Crippen LogP contribution is 2.21. The van der Waals surface area contributed by atoms with Gasteiger partial charge in [-0.15, -0.1) is 0 Å². The van der Waals surface area contributed by atoms with Gasteiger partial charge in [0.1, 0.15) is 6.10 Å². The van der Waals surface area contributed by atoms with E-state index in [1.54, 1.807) is 0 Å². The molecular formula is C7H15NO3. The van der Waals surface area contributed by atoms with Crippen molar-refractivity contribution in [3.05, 3.63) is 0 Å². The van der Waals surface area contributed by atoms with E-state index in [0.717, 1.165) is 0 Å². The molecule has 0 radical (unpaired) electrons. The van der Waals surface area contributed by atoms with E-state index >= 15 is 0 Å². The Morgan fingerprint density at radius 2 is 2.27 bits per heavy atom. The van der Waals surface area contributed by atoms with Gasteiger partial charge in [-0.1, -0.05) is 0 Å². The summed E-state index contributed by atoms with van der Waals surface area (Å²) in [6, 6.07) is 0. The van der Waals surface area contributed by atoms with E-state index < -0.39 is 0 Å². The fourth-order valence-corrected chi connectivity index (χ4v) is 1.12. The van der Waals surface area contributed by atoms with E-state index in [4.69, 9.17) is 15.4 Å². The summed E-state index contributed by atoms with van der Waals surface area (Å²) in [5, 5.41) is 0. The van der Waals surface area contributed by atoms with Crippen molar-refractivity contribution >= 4 is 0 Å². The Bertz CT molecular complexity index is 125. The molecule has 66 valence electrons. The number of ether oxygens (including phenoxy) is 2. The van der Waals surface area contributed by atoms with Crippen LogP contribution in [-0.2, 0) is 14.3 Å². The Morgan fingerprint density at radius 1 is 1.55 bits per heavy atom. The summed E-state index contributed by atoms with van der Waals surface area (Å²) in [6.45, 7) is 5.59. The van der Waals surface area contributed by atoms with Crippen LogP contribution in [0.1, 0.15) is 13.8 Å². The van der Waals surface area contributed by atoms with Crippen LogP contribution in [0.3, 0.4) is 0 Å². The maximum absolute atomic E-state index is 5.47. The third-order valence-corrected chi connectivity index (χ3v) is 1.90. The normalized spacial score (nSPS) is 30.3. The average Bonchev–Trinajstić information content (AvgIpc) is 1.94. The molecule has 1 fully saturated rings. The van der Waals surface area contributed by atoms with Crippen molar-refractivity contribution in [2.45, 2.75) is 25.6 Å². The van der Waals surface area contributed by atoms with Crippen LogP contribution in [0.4, 0.5) is 0 Å². The molecule has 0 spiro atoms. The molecule has 1 unspecified atom stereocenters. The molecule has 0 aromatic rings. The van der Waals surface area contributed by atoms with Gasteiger partial charge in [0, 0.05) is 0 Å². The third-order valence-electron chi connectivity index (χ3n) is 1.90. The molecule has 0 saturated carbocycles. The van der Waals surface area contributed by atoms with Gasteiger partial charge in [0.2, 0.25) is 0 Å². The second-order valence-corrected chi connectivity index (χ2v) is 3.14. The Balaban J connectivity index is 2.45. The van der Waals surface area contributed by atoms with Gasteiger partial charge < -0.3 is 14.3 Å². The lowest BCUT2D eigenvalue weighted by atomic mass is 10.0. The molecule has 1 aliphatic rings. The predicted molar refractivity (Wildman–Crippen MR) is 39.9 cm³/mol. The SMILES string of the molecule is CC1(C)OCCOC1CON. The van der Waals surface area contributed by atoms with Crippen LogP contribution in [0.5, 0.6) is 0 Å². The van der Waals surface area contributed by atoms with Gasteiger partial charge in [-0.25, -0.2) is 5.90 Å². The highest BCUT2D eigenvalue weighted by molar-refractivity contribution is 4.82. The highest BCUT2D eigenvalue weighted by atomic mass is 16.6. The zero-order valence-electron chi connectivity index (χ0n) is 7.00. The van der Waals surface area contributed by atoms with Gasteiger partial charge in [0.15, 0.2) is 0 Å². The van der Waals surface area contributed by atoms with Gasteiger partial charge in [0.25, 0.3) is 0 Å². The summed E-state index contributed by atoms with van der Waals surface area (Å²) >= 11 is 0. The molecule has 0 aromatic heterocycles. The zero-order valence-corrected chi connectivity index (χ0v) is 7.00. The van der Waals surface area contributed by atoms with Crippen LogP contribution < -0.4 is 5.90 Å². The molecule has 1 atom stereocenters. The quantitative estimate of drug-likeness (QED) is 0.582. The van der Waals surface area contributed by atoms with E-state index in [1.807, 2.05) is 13.8 Å². The highest BCUT2D eigenvalue weighted by Gasteiger charge is 2.34. The second kappa shape index (κ2) is 3.49. The summed E-state index contributed by atoms with van der Waals surface area (Å²) < 4.78 is 10.9. The third kappa shape index (κ3) is 2.13. The molecule has 2 N–H and O–H groups in total. The molecule has 4 heteroatoms. The van der Waals surface area contributed by atoms with Crippen molar-refractivity contribution in [2.75, 3.05) is 19.8 Å². The molecule has 4 nitrogen and oxygen atoms in total. The van der Waals surface area contributed by atoms with Crippen LogP contribution in [0, 0.1) is 0 Å². The fraction of sp³-hybridized carbons (Fsp3) is 1.00. The largest absolute Gasteiger partial charge is 0.370 e. The zero-order chi connectivity index (χ0) is 8.32. The monoisotopic (exact) mass is 161 g/mol. The van der Waals surface area contributed by atoms with Gasteiger partial charge in [-0.05, 0) is 13.8 Å². The molecule has 1 heterocycles. The first-order valence-electron chi connectivity index (χ1n) is 3.74. The predicted octanol–water partition coefficient (Wildman–Crippen LogP) is 0.0707. The minimum Gasteiger partial charge on any atom is -0.370 e. The molecular weight excluding hydrogens is 146 g/mol. The van der Waals surface area contributed by atoms with E-state index in [2.05, 4.69) is 4.84 Å². The molecule has 0 aliphatic carbocycles. The standard InChI is InChI=1S/C7H15NO3/c1-7(2)6(5-11-8)9-3-4-10-7/h6H,3-5,8H2,1-2H3. The lowest BCUT2D eigenvalue weighted by Crippen LogP contribution is -2.49. The van der Waals surface area contributed by atoms with E-state index in [9.17, 15) is 0 Å². The molecule has 11 heavy (non-hydrogen) atoms. The van der Waals surface area contributed by atoms with Crippen molar-refractivity contribution < 1.29 is 14.3 Å². The first-order valence-corrected chi connectivity index (χ1v) is 3.74. The van der Waals surface area contributed by atoms with Gasteiger partial charge in [-0.2, -0.15) is 0 Å². The molecule has 0 bridgehead atoms. The maximum atomic E-state index is 5.47. The van der Waals surface area contributed by atoms with Gasteiger partial charge in [0.05, 0.1) is 25.4 Å². The van der Waals surface area contributed by atoms with Crippen molar-refractivity contribution in [3.63, 3.8) is 0 Å². The molecule has 0 aromatic carbocycles. The van der Waals surface area contributed by atoms with Crippen LogP contribution in [0.25, 0.3) is 0 Å².